The molecule has 0 bridgehead atoms. The van der Waals surface area contributed by atoms with Gasteiger partial charge in [-0.25, -0.2) is 0 Å². The lowest BCUT2D eigenvalue weighted by Gasteiger charge is -1.99. The molecule has 0 spiro atoms. The van der Waals surface area contributed by atoms with E-state index in [9.17, 15) is 4.79 Å². The van der Waals surface area contributed by atoms with Gasteiger partial charge in [0.05, 0.1) is 0 Å². The predicted octanol–water partition coefficient (Wildman–Crippen LogP) is 0.313. The van der Waals surface area contributed by atoms with E-state index >= 15 is 0 Å². The molecule has 0 atom stereocenters. The number of nitrogens with zero attached hydrogens (tertiary/aromatic N) is 5. The topological polar surface area (TPSA) is 99.1 Å². The van der Waals surface area contributed by atoms with E-state index < -0.39 is 0 Å². The van der Waals surface area contributed by atoms with Gasteiger partial charge in [0.25, 0.3) is 5.78 Å². The molecule has 0 radical (unpaired) electrons. The van der Waals surface area contributed by atoms with E-state index in [0.29, 0.717) is 11.3 Å². The van der Waals surface area contributed by atoms with Crippen LogP contribution in [-0.4, -0.2) is 30.6 Å². The van der Waals surface area contributed by atoms with E-state index in [1.54, 1.807) is 6.07 Å². The van der Waals surface area contributed by atoms with Crippen molar-refractivity contribution in [1.29, 1.82) is 0 Å². The lowest BCUT2D eigenvalue weighted by molar-refractivity contribution is 0.103. The van der Waals surface area contributed by atoms with Gasteiger partial charge >= 0.3 is 0 Å². The van der Waals surface area contributed by atoms with Crippen molar-refractivity contribution in [3.05, 3.63) is 35.5 Å². The average molecular weight is 238 g/mol. The standard InChI is InChI=1S/C11H6N6O/c12-10-13-11-15-14-7-8(17(11)16-10)5-3-1-2-4-6(5)9(7)18/h1-4H,(H2,12,16). The Balaban J connectivity index is 2.22. The highest BCUT2D eigenvalue weighted by Gasteiger charge is 2.31. The summed E-state index contributed by atoms with van der Waals surface area (Å²) >= 11 is 0. The van der Waals surface area contributed by atoms with Gasteiger partial charge in [0, 0.05) is 11.1 Å². The molecule has 7 nitrogen and oxygen atoms in total. The van der Waals surface area contributed by atoms with Gasteiger partial charge in [0.2, 0.25) is 11.7 Å². The lowest BCUT2D eigenvalue weighted by atomic mass is 10.1. The number of hydrogen-bond acceptors (Lipinski definition) is 6. The van der Waals surface area contributed by atoms with Crippen molar-refractivity contribution in [3.8, 4) is 11.3 Å². The Morgan fingerprint density at radius 2 is 1.89 bits per heavy atom. The maximum Gasteiger partial charge on any atom is 0.274 e. The Bertz CT molecular complexity index is 822. The van der Waals surface area contributed by atoms with Crippen molar-refractivity contribution < 1.29 is 4.79 Å². The highest BCUT2D eigenvalue weighted by molar-refractivity contribution is 6.19. The number of rotatable bonds is 0. The molecule has 18 heavy (non-hydrogen) atoms. The van der Waals surface area contributed by atoms with Gasteiger partial charge in [-0.1, -0.05) is 24.3 Å². The predicted molar refractivity (Wildman–Crippen MR) is 61.9 cm³/mol. The number of carbonyl (C=O) groups is 1. The number of fused-ring (bicyclic) bond motifs is 5. The van der Waals surface area contributed by atoms with Crippen molar-refractivity contribution in [2.75, 3.05) is 5.73 Å². The van der Waals surface area contributed by atoms with Gasteiger partial charge in [-0.05, 0) is 0 Å². The monoisotopic (exact) mass is 238 g/mol. The Morgan fingerprint density at radius 3 is 2.72 bits per heavy atom. The minimum atomic E-state index is -0.149. The highest BCUT2D eigenvalue weighted by Crippen LogP contribution is 2.34. The summed E-state index contributed by atoms with van der Waals surface area (Å²) in [5, 5.41) is 11.8. The molecule has 2 N–H and O–H groups in total. The number of aromatic nitrogens is 5. The molecule has 86 valence electrons. The molecule has 0 saturated heterocycles. The Kier molecular flexibility index (Phi) is 1.48. The van der Waals surface area contributed by atoms with Gasteiger partial charge in [-0.3, -0.25) is 4.79 Å². The van der Waals surface area contributed by atoms with E-state index in [2.05, 4.69) is 20.3 Å². The first-order chi connectivity index (χ1) is 8.75. The quantitative estimate of drug-likeness (QED) is 0.473. The van der Waals surface area contributed by atoms with Crippen LogP contribution in [0.3, 0.4) is 0 Å². The molecule has 1 aliphatic carbocycles. The van der Waals surface area contributed by atoms with Crippen LogP contribution in [0.4, 0.5) is 5.95 Å². The SMILES string of the molecule is Nc1nc2nnc3c(n2n1)-c1ccccc1C3=O. The van der Waals surface area contributed by atoms with Gasteiger partial charge in [-0.15, -0.1) is 15.3 Å². The van der Waals surface area contributed by atoms with E-state index in [1.165, 1.54) is 4.52 Å². The van der Waals surface area contributed by atoms with Crippen LogP contribution >= 0.6 is 0 Å². The molecule has 0 aliphatic heterocycles. The van der Waals surface area contributed by atoms with Gasteiger partial charge in [-0.2, -0.15) is 9.50 Å². The molecule has 2 heterocycles. The Morgan fingerprint density at radius 1 is 1.11 bits per heavy atom. The molecule has 1 aliphatic rings. The number of ketones is 1. The van der Waals surface area contributed by atoms with Crippen molar-refractivity contribution in [2.45, 2.75) is 0 Å². The zero-order valence-corrected chi connectivity index (χ0v) is 9.03. The van der Waals surface area contributed by atoms with E-state index in [4.69, 9.17) is 5.73 Å². The number of benzene rings is 1. The third-order valence-corrected chi connectivity index (χ3v) is 2.92. The van der Waals surface area contributed by atoms with E-state index in [0.717, 1.165) is 5.56 Å². The van der Waals surface area contributed by atoms with Crippen LogP contribution in [0.15, 0.2) is 24.3 Å². The second kappa shape index (κ2) is 2.89. The van der Waals surface area contributed by atoms with E-state index in [-0.39, 0.29) is 23.2 Å². The fourth-order valence-corrected chi connectivity index (χ4v) is 2.19. The molecular formula is C11H6N6O. The van der Waals surface area contributed by atoms with Crippen LogP contribution in [0.2, 0.25) is 0 Å². The molecule has 0 unspecified atom stereocenters. The smallest absolute Gasteiger partial charge is 0.274 e. The molecule has 0 saturated carbocycles. The van der Waals surface area contributed by atoms with Crippen LogP contribution < -0.4 is 5.73 Å². The van der Waals surface area contributed by atoms with Crippen LogP contribution in [-0.2, 0) is 0 Å². The third kappa shape index (κ3) is 0.956. The van der Waals surface area contributed by atoms with E-state index in [1.807, 2.05) is 18.2 Å². The number of nitrogens with two attached hydrogens (primary N) is 1. The average Bonchev–Trinajstić information content (AvgIpc) is 2.88. The second-order valence-electron chi connectivity index (χ2n) is 3.95. The van der Waals surface area contributed by atoms with Crippen LogP contribution in [0, 0.1) is 0 Å². The van der Waals surface area contributed by atoms with Crippen molar-refractivity contribution in [2.24, 2.45) is 0 Å². The molecule has 1 aromatic carbocycles. The number of nitrogen functional groups attached to an aromatic ring is 1. The Hall–Kier alpha value is -2.83. The maximum atomic E-state index is 12.1. The summed E-state index contributed by atoms with van der Waals surface area (Å²) in [4.78, 5) is 16.1. The summed E-state index contributed by atoms with van der Waals surface area (Å²) in [6, 6.07) is 7.26. The van der Waals surface area contributed by atoms with Crippen molar-refractivity contribution in [3.63, 3.8) is 0 Å². The molecule has 7 heteroatoms. The third-order valence-electron chi connectivity index (χ3n) is 2.92. The zero-order chi connectivity index (χ0) is 12.3. The summed E-state index contributed by atoms with van der Waals surface area (Å²) in [5.74, 6) is 0.245. The summed E-state index contributed by atoms with van der Waals surface area (Å²) in [6.45, 7) is 0. The lowest BCUT2D eigenvalue weighted by Crippen LogP contribution is -2.04. The fourth-order valence-electron chi connectivity index (χ4n) is 2.19. The molecular weight excluding hydrogens is 232 g/mol. The normalized spacial score (nSPS) is 12.8. The number of hydrogen-bond donors (Lipinski definition) is 1. The molecule has 3 aromatic rings. The summed E-state index contributed by atoms with van der Waals surface area (Å²) in [7, 11) is 0. The van der Waals surface area contributed by atoms with Crippen molar-refractivity contribution in [1.82, 2.24) is 24.8 Å². The summed E-state index contributed by atoms with van der Waals surface area (Å²) in [6.07, 6.45) is 0. The van der Waals surface area contributed by atoms with Crippen LogP contribution in [0.5, 0.6) is 0 Å². The number of anilines is 1. The van der Waals surface area contributed by atoms with Crippen LogP contribution in [0.25, 0.3) is 17.0 Å². The zero-order valence-electron chi connectivity index (χ0n) is 9.03. The van der Waals surface area contributed by atoms with Gasteiger partial charge in [0.15, 0.2) is 5.69 Å². The second-order valence-corrected chi connectivity index (χ2v) is 3.95. The minimum Gasteiger partial charge on any atom is -0.366 e. The highest BCUT2D eigenvalue weighted by atomic mass is 16.1. The van der Waals surface area contributed by atoms with Gasteiger partial charge in [0.1, 0.15) is 5.69 Å². The molecule has 2 aromatic heterocycles. The first-order valence-electron chi connectivity index (χ1n) is 5.29. The van der Waals surface area contributed by atoms with Crippen molar-refractivity contribution >= 4 is 17.5 Å². The molecule has 0 amide bonds. The van der Waals surface area contributed by atoms with Gasteiger partial charge < -0.3 is 5.73 Å². The fraction of sp³-hybridized carbons (Fsp3) is 0. The minimum absolute atomic E-state index is 0.106. The Labute approximate surface area is 100 Å². The number of carbonyl (C=O) groups excluding carboxylic acids is 1. The largest absolute Gasteiger partial charge is 0.366 e. The molecule has 4 rings (SSSR count). The van der Waals surface area contributed by atoms with Crippen LogP contribution in [0.1, 0.15) is 16.1 Å². The molecule has 0 fully saturated rings. The first kappa shape index (κ1) is 9.23. The maximum absolute atomic E-state index is 12.1. The first-order valence-corrected chi connectivity index (χ1v) is 5.29. The summed E-state index contributed by atoms with van der Waals surface area (Å²) in [5.41, 5.74) is 7.81. The summed E-state index contributed by atoms with van der Waals surface area (Å²) < 4.78 is 1.46.